The molecule has 21 heavy (non-hydrogen) atoms. The fourth-order valence-electron chi connectivity index (χ4n) is 2.62. The summed E-state index contributed by atoms with van der Waals surface area (Å²) >= 11 is 0. The Kier molecular flexibility index (Phi) is 5.25. The smallest absolute Gasteiger partial charge is 0.236 e. The van der Waals surface area contributed by atoms with Gasteiger partial charge in [-0.2, -0.15) is 0 Å². The summed E-state index contributed by atoms with van der Waals surface area (Å²) in [6.07, 6.45) is 1.38. The molecule has 2 rings (SSSR count). The zero-order valence-corrected chi connectivity index (χ0v) is 14.2. The normalized spacial score (nSPS) is 12.2. The predicted octanol–water partition coefficient (Wildman–Crippen LogP) is 5.08. The average Bonchev–Trinajstić information content (AvgIpc) is 2.44. The first-order valence-electron chi connectivity index (χ1n) is 7.36. The molecule has 112 valence electrons. The minimum absolute atomic E-state index is 0.571. The monoisotopic (exact) mass is 302 g/mol. The average molecular weight is 302 g/mol. The van der Waals surface area contributed by atoms with Gasteiger partial charge in [-0.3, -0.25) is 4.57 Å². The van der Waals surface area contributed by atoms with Crippen molar-refractivity contribution in [1.82, 2.24) is 0 Å². The summed E-state index contributed by atoms with van der Waals surface area (Å²) in [5.74, 6) is 0.752. The Morgan fingerprint density at radius 3 is 2.29 bits per heavy atom. The highest BCUT2D eigenvalue weighted by Gasteiger charge is 2.10. The van der Waals surface area contributed by atoms with Crippen molar-refractivity contribution >= 4 is 8.03 Å². The summed E-state index contributed by atoms with van der Waals surface area (Å²) in [5.41, 5.74) is 6.30. The van der Waals surface area contributed by atoms with Gasteiger partial charge in [-0.25, -0.2) is 0 Å². The molecular formula is C18H23O2P. The van der Waals surface area contributed by atoms with Crippen LogP contribution in [0.5, 0.6) is 5.75 Å². The van der Waals surface area contributed by atoms with Crippen LogP contribution in [0, 0.1) is 20.8 Å². The van der Waals surface area contributed by atoms with E-state index in [0.29, 0.717) is 6.16 Å². The van der Waals surface area contributed by atoms with E-state index in [1.165, 1.54) is 22.3 Å². The van der Waals surface area contributed by atoms with Crippen LogP contribution in [0.1, 0.15) is 34.7 Å². The molecule has 1 unspecified atom stereocenters. The molecule has 0 heterocycles. The molecule has 1 atom stereocenters. The zero-order valence-electron chi connectivity index (χ0n) is 13.2. The van der Waals surface area contributed by atoms with Crippen molar-refractivity contribution in [1.29, 1.82) is 0 Å². The molecule has 0 saturated carbocycles. The first-order valence-corrected chi connectivity index (χ1v) is 8.89. The molecule has 0 N–H and O–H groups in total. The Hall–Kier alpha value is -1.53. The Morgan fingerprint density at radius 1 is 1.05 bits per heavy atom. The lowest BCUT2D eigenvalue weighted by Crippen LogP contribution is -1.98. The maximum Gasteiger partial charge on any atom is 0.236 e. The van der Waals surface area contributed by atoms with Crippen LogP contribution in [-0.4, -0.2) is 6.16 Å². The lowest BCUT2D eigenvalue weighted by molar-refractivity contribution is 0.503. The third-order valence-corrected chi connectivity index (χ3v) is 4.72. The Balaban J connectivity index is 2.34. The van der Waals surface area contributed by atoms with E-state index in [9.17, 15) is 4.57 Å². The molecule has 0 spiro atoms. The van der Waals surface area contributed by atoms with Crippen molar-refractivity contribution < 1.29 is 9.09 Å². The Bertz CT molecular complexity index is 639. The second kappa shape index (κ2) is 6.95. The quantitative estimate of drug-likeness (QED) is 0.720. The van der Waals surface area contributed by atoms with Crippen molar-refractivity contribution in [2.45, 2.75) is 34.1 Å². The van der Waals surface area contributed by atoms with Gasteiger partial charge in [-0.1, -0.05) is 42.8 Å². The molecule has 0 bridgehead atoms. The first-order chi connectivity index (χ1) is 10.0. The molecule has 0 aliphatic heterocycles. The SMILES string of the molecule is CC[PH](=O)Oc1ccccc1Cc1c(C)cc(C)cc1C. The number of para-hydroxylation sites is 1. The summed E-state index contributed by atoms with van der Waals surface area (Å²) in [6, 6.07) is 12.3. The molecule has 0 amide bonds. The molecule has 0 saturated heterocycles. The lowest BCUT2D eigenvalue weighted by atomic mass is 9.94. The van der Waals surface area contributed by atoms with Crippen LogP contribution in [0.3, 0.4) is 0 Å². The third kappa shape index (κ3) is 3.98. The van der Waals surface area contributed by atoms with Gasteiger partial charge in [0, 0.05) is 12.6 Å². The van der Waals surface area contributed by atoms with E-state index >= 15 is 0 Å². The number of hydrogen-bond donors (Lipinski definition) is 0. The number of aryl methyl sites for hydroxylation is 3. The standard InChI is InChI=1S/C18H23O2P/c1-5-21(19)20-18-9-7-6-8-16(18)12-17-14(3)10-13(2)11-15(17)4/h6-11,21H,5,12H2,1-4H3. The molecule has 2 aromatic carbocycles. The topological polar surface area (TPSA) is 26.3 Å². The Morgan fingerprint density at radius 2 is 1.67 bits per heavy atom. The van der Waals surface area contributed by atoms with E-state index in [1.54, 1.807) is 0 Å². The van der Waals surface area contributed by atoms with Crippen LogP contribution in [-0.2, 0) is 11.0 Å². The van der Waals surface area contributed by atoms with Crippen LogP contribution in [0.25, 0.3) is 0 Å². The van der Waals surface area contributed by atoms with Crippen molar-refractivity contribution in [2.75, 3.05) is 6.16 Å². The van der Waals surface area contributed by atoms with E-state index in [1.807, 2.05) is 25.1 Å². The van der Waals surface area contributed by atoms with Gasteiger partial charge >= 0.3 is 0 Å². The highest BCUT2D eigenvalue weighted by atomic mass is 31.1. The minimum Gasteiger partial charge on any atom is -0.444 e. The minimum atomic E-state index is -1.97. The molecule has 0 aromatic heterocycles. The van der Waals surface area contributed by atoms with Crippen molar-refractivity contribution in [2.24, 2.45) is 0 Å². The van der Waals surface area contributed by atoms with Gasteiger partial charge in [0.25, 0.3) is 0 Å². The fraction of sp³-hybridized carbons (Fsp3) is 0.333. The van der Waals surface area contributed by atoms with E-state index < -0.39 is 8.03 Å². The van der Waals surface area contributed by atoms with Gasteiger partial charge in [0.2, 0.25) is 8.03 Å². The number of hydrogen-bond acceptors (Lipinski definition) is 2. The van der Waals surface area contributed by atoms with Crippen LogP contribution in [0.2, 0.25) is 0 Å². The molecule has 0 radical (unpaired) electrons. The largest absolute Gasteiger partial charge is 0.444 e. The van der Waals surface area contributed by atoms with Crippen LogP contribution >= 0.6 is 8.03 Å². The van der Waals surface area contributed by atoms with Crippen LogP contribution < -0.4 is 4.52 Å². The molecule has 2 aromatic rings. The van der Waals surface area contributed by atoms with Gasteiger partial charge in [0.05, 0.1) is 0 Å². The fourth-order valence-corrected chi connectivity index (χ4v) is 3.21. The second-order valence-electron chi connectivity index (χ2n) is 5.49. The summed E-state index contributed by atoms with van der Waals surface area (Å²) in [5, 5.41) is 0. The highest BCUT2D eigenvalue weighted by molar-refractivity contribution is 7.39. The van der Waals surface area contributed by atoms with Gasteiger partial charge in [-0.05, 0) is 49.1 Å². The second-order valence-corrected chi connectivity index (χ2v) is 7.14. The predicted molar refractivity (Wildman–Crippen MR) is 90.1 cm³/mol. The molecular weight excluding hydrogens is 279 g/mol. The van der Waals surface area contributed by atoms with Gasteiger partial charge in [-0.15, -0.1) is 0 Å². The summed E-state index contributed by atoms with van der Waals surface area (Å²) in [7, 11) is -1.97. The van der Waals surface area contributed by atoms with Crippen molar-refractivity contribution in [3.8, 4) is 5.75 Å². The zero-order chi connectivity index (χ0) is 15.4. The molecule has 0 fully saturated rings. The van der Waals surface area contributed by atoms with E-state index in [2.05, 4.69) is 39.0 Å². The molecule has 2 nitrogen and oxygen atoms in total. The van der Waals surface area contributed by atoms with E-state index in [-0.39, 0.29) is 0 Å². The number of rotatable bonds is 5. The van der Waals surface area contributed by atoms with Crippen molar-refractivity contribution in [3.05, 3.63) is 64.2 Å². The number of benzene rings is 2. The van der Waals surface area contributed by atoms with Gasteiger partial charge in [0.15, 0.2) is 0 Å². The summed E-state index contributed by atoms with van der Waals surface area (Å²) in [4.78, 5) is 0. The maximum absolute atomic E-state index is 11.7. The lowest BCUT2D eigenvalue weighted by Gasteiger charge is -2.14. The maximum atomic E-state index is 11.7. The van der Waals surface area contributed by atoms with Gasteiger partial charge < -0.3 is 4.52 Å². The van der Waals surface area contributed by atoms with Crippen LogP contribution in [0.15, 0.2) is 36.4 Å². The van der Waals surface area contributed by atoms with Crippen molar-refractivity contribution in [3.63, 3.8) is 0 Å². The summed E-state index contributed by atoms with van der Waals surface area (Å²) < 4.78 is 17.3. The van der Waals surface area contributed by atoms with Gasteiger partial charge in [0.1, 0.15) is 5.75 Å². The van der Waals surface area contributed by atoms with E-state index in [4.69, 9.17) is 4.52 Å². The summed E-state index contributed by atoms with van der Waals surface area (Å²) in [6.45, 7) is 8.30. The highest BCUT2D eigenvalue weighted by Crippen LogP contribution is 2.31. The first kappa shape index (κ1) is 15.9. The molecule has 3 heteroatoms. The van der Waals surface area contributed by atoms with E-state index in [0.717, 1.165) is 17.7 Å². The Labute approximate surface area is 128 Å². The molecule has 0 aliphatic carbocycles. The van der Waals surface area contributed by atoms with Crippen LogP contribution in [0.4, 0.5) is 0 Å². The molecule has 0 aliphatic rings. The third-order valence-electron chi connectivity index (χ3n) is 3.69.